The third kappa shape index (κ3) is 3.62. The smallest absolute Gasteiger partial charge is 0.289 e. The molecular weight excluding hydrogens is 364 g/mol. The summed E-state index contributed by atoms with van der Waals surface area (Å²) in [5.41, 5.74) is 6.21. The number of carbonyl (C=O) groups is 1. The maximum Gasteiger partial charge on any atom is 0.289 e. The number of rotatable bonds is 4. The lowest BCUT2D eigenvalue weighted by molar-refractivity contribution is 0.0754. The number of nitrogens with zero attached hydrogens (tertiary/aromatic N) is 2. The molecule has 1 aliphatic heterocycles. The second-order valence-corrected chi connectivity index (χ2v) is 7.85. The van der Waals surface area contributed by atoms with Crippen molar-refractivity contribution in [3.05, 3.63) is 64.4 Å². The number of benzene rings is 2. The predicted octanol–water partition coefficient (Wildman–Crippen LogP) is 4.47. The van der Waals surface area contributed by atoms with Crippen LogP contribution in [0, 0.1) is 20.8 Å². The van der Waals surface area contributed by atoms with Crippen molar-refractivity contribution in [1.29, 1.82) is 0 Å². The summed E-state index contributed by atoms with van der Waals surface area (Å²) in [6, 6.07) is 12.4. The number of morpholine rings is 1. The van der Waals surface area contributed by atoms with E-state index in [2.05, 4.69) is 30.0 Å². The second-order valence-electron chi connectivity index (χ2n) is 7.85. The standard InChI is InChI=1S/C24H28N2O3/c1-16-9-10-17(2)22-21(16)18(3)23(29-22)24(27)25(4)15-19-7-5-6-8-20(19)26-11-13-28-14-12-26/h5-10H,11-15H2,1-4H3. The van der Waals surface area contributed by atoms with Crippen LogP contribution in [0.25, 0.3) is 11.0 Å². The Labute approximate surface area is 171 Å². The molecule has 0 unspecified atom stereocenters. The van der Waals surface area contributed by atoms with E-state index in [9.17, 15) is 4.79 Å². The third-order valence-electron chi connectivity index (χ3n) is 5.77. The van der Waals surface area contributed by atoms with E-state index in [-0.39, 0.29) is 5.91 Å². The lowest BCUT2D eigenvalue weighted by Crippen LogP contribution is -2.37. The van der Waals surface area contributed by atoms with Crippen molar-refractivity contribution in [3.8, 4) is 0 Å². The van der Waals surface area contributed by atoms with Gasteiger partial charge in [-0.1, -0.05) is 30.3 Å². The van der Waals surface area contributed by atoms with Crippen LogP contribution in [0.5, 0.6) is 0 Å². The minimum Gasteiger partial charge on any atom is -0.450 e. The first-order chi connectivity index (χ1) is 14.0. The summed E-state index contributed by atoms with van der Waals surface area (Å²) < 4.78 is 11.5. The highest BCUT2D eigenvalue weighted by Crippen LogP contribution is 2.31. The Morgan fingerprint density at radius 2 is 1.72 bits per heavy atom. The van der Waals surface area contributed by atoms with Crippen molar-refractivity contribution >= 4 is 22.6 Å². The molecule has 1 amide bonds. The average Bonchev–Trinajstić information content (AvgIpc) is 3.09. The molecule has 29 heavy (non-hydrogen) atoms. The van der Waals surface area contributed by atoms with E-state index in [0.29, 0.717) is 12.3 Å². The molecule has 3 aromatic rings. The maximum atomic E-state index is 13.2. The fourth-order valence-electron chi connectivity index (χ4n) is 4.14. The number of para-hydroxylation sites is 1. The first-order valence-electron chi connectivity index (χ1n) is 10.1. The van der Waals surface area contributed by atoms with Crippen molar-refractivity contribution in [2.45, 2.75) is 27.3 Å². The fraction of sp³-hybridized carbons (Fsp3) is 0.375. The summed E-state index contributed by atoms with van der Waals surface area (Å²) in [7, 11) is 1.84. The molecule has 2 heterocycles. The van der Waals surface area contributed by atoms with E-state index in [4.69, 9.17) is 9.15 Å². The third-order valence-corrected chi connectivity index (χ3v) is 5.77. The largest absolute Gasteiger partial charge is 0.450 e. The molecule has 2 aromatic carbocycles. The zero-order valence-electron chi connectivity index (χ0n) is 17.6. The molecule has 1 fully saturated rings. The number of ether oxygens (including phenoxy) is 1. The number of carbonyl (C=O) groups excluding carboxylic acids is 1. The minimum absolute atomic E-state index is 0.0886. The van der Waals surface area contributed by atoms with Gasteiger partial charge in [0.1, 0.15) is 5.58 Å². The zero-order valence-corrected chi connectivity index (χ0v) is 17.6. The van der Waals surface area contributed by atoms with Gasteiger partial charge in [-0.3, -0.25) is 4.79 Å². The molecule has 0 saturated carbocycles. The molecule has 152 valence electrons. The first-order valence-corrected chi connectivity index (χ1v) is 10.1. The van der Waals surface area contributed by atoms with Gasteiger partial charge in [0.25, 0.3) is 5.91 Å². The van der Waals surface area contributed by atoms with Gasteiger partial charge in [-0.05, 0) is 43.5 Å². The Morgan fingerprint density at radius 3 is 2.45 bits per heavy atom. The predicted molar refractivity (Wildman–Crippen MR) is 116 cm³/mol. The van der Waals surface area contributed by atoms with Gasteiger partial charge in [0.2, 0.25) is 0 Å². The van der Waals surface area contributed by atoms with Crippen LogP contribution in [0.1, 0.15) is 32.8 Å². The van der Waals surface area contributed by atoms with Crippen molar-refractivity contribution in [1.82, 2.24) is 4.90 Å². The molecule has 0 N–H and O–H groups in total. The van der Waals surface area contributed by atoms with E-state index >= 15 is 0 Å². The molecule has 1 aliphatic rings. The molecule has 0 bridgehead atoms. The molecule has 5 heteroatoms. The lowest BCUT2D eigenvalue weighted by Gasteiger charge is -2.31. The highest BCUT2D eigenvalue weighted by Gasteiger charge is 2.24. The van der Waals surface area contributed by atoms with Gasteiger partial charge in [0, 0.05) is 43.3 Å². The second kappa shape index (κ2) is 7.91. The maximum absolute atomic E-state index is 13.2. The zero-order chi connectivity index (χ0) is 20.5. The SMILES string of the molecule is Cc1ccc(C)c2c(C)c(C(=O)N(C)Cc3ccccc3N3CCOCC3)oc12. The summed E-state index contributed by atoms with van der Waals surface area (Å²) in [5, 5.41) is 1.05. The van der Waals surface area contributed by atoms with Crippen LogP contribution in [0.3, 0.4) is 0 Å². The van der Waals surface area contributed by atoms with E-state index < -0.39 is 0 Å². The molecule has 1 aromatic heterocycles. The van der Waals surface area contributed by atoms with Crippen molar-refractivity contribution in [2.75, 3.05) is 38.3 Å². The van der Waals surface area contributed by atoms with Crippen LogP contribution >= 0.6 is 0 Å². The Morgan fingerprint density at radius 1 is 1.03 bits per heavy atom. The van der Waals surface area contributed by atoms with Gasteiger partial charge >= 0.3 is 0 Å². The Hall–Kier alpha value is -2.79. The van der Waals surface area contributed by atoms with E-state index in [1.165, 1.54) is 5.69 Å². The highest BCUT2D eigenvalue weighted by atomic mass is 16.5. The molecule has 0 atom stereocenters. The number of amides is 1. The fourth-order valence-corrected chi connectivity index (χ4v) is 4.14. The normalized spacial score (nSPS) is 14.4. The summed E-state index contributed by atoms with van der Waals surface area (Å²) in [5.74, 6) is 0.345. The van der Waals surface area contributed by atoms with Gasteiger partial charge in [-0.2, -0.15) is 0 Å². The van der Waals surface area contributed by atoms with Gasteiger partial charge in [-0.25, -0.2) is 0 Å². The van der Waals surface area contributed by atoms with Crippen LogP contribution in [-0.2, 0) is 11.3 Å². The number of hydrogen-bond acceptors (Lipinski definition) is 4. The summed E-state index contributed by atoms with van der Waals surface area (Å²) in [4.78, 5) is 17.3. The number of hydrogen-bond donors (Lipinski definition) is 0. The molecule has 5 nitrogen and oxygen atoms in total. The first kappa shape index (κ1) is 19.5. The quantitative estimate of drug-likeness (QED) is 0.657. The lowest BCUT2D eigenvalue weighted by atomic mass is 10.0. The van der Waals surface area contributed by atoms with Crippen molar-refractivity contribution in [3.63, 3.8) is 0 Å². The molecule has 4 rings (SSSR count). The monoisotopic (exact) mass is 392 g/mol. The van der Waals surface area contributed by atoms with E-state index in [0.717, 1.165) is 59.5 Å². The Bertz CT molecular complexity index is 1050. The van der Waals surface area contributed by atoms with Gasteiger partial charge < -0.3 is 19.0 Å². The van der Waals surface area contributed by atoms with E-state index in [1.807, 2.05) is 39.1 Å². The highest BCUT2D eigenvalue weighted by molar-refractivity contribution is 6.00. The van der Waals surface area contributed by atoms with Gasteiger partial charge in [0.15, 0.2) is 5.76 Å². The summed E-state index contributed by atoms with van der Waals surface area (Å²) in [6.45, 7) is 9.79. The number of aryl methyl sites for hydroxylation is 3. The number of furan rings is 1. The topological polar surface area (TPSA) is 45.9 Å². The minimum atomic E-state index is -0.0886. The Balaban J connectivity index is 1.62. The molecule has 0 radical (unpaired) electrons. The Kier molecular flexibility index (Phi) is 5.33. The molecular formula is C24H28N2O3. The van der Waals surface area contributed by atoms with Crippen molar-refractivity contribution < 1.29 is 13.9 Å². The van der Waals surface area contributed by atoms with Crippen LogP contribution in [0.15, 0.2) is 40.8 Å². The molecule has 1 saturated heterocycles. The molecule has 0 aliphatic carbocycles. The van der Waals surface area contributed by atoms with Gasteiger partial charge in [0.05, 0.1) is 13.2 Å². The number of fused-ring (bicyclic) bond motifs is 1. The average molecular weight is 392 g/mol. The van der Waals surface area contributed by atoms with Crippen molar-refractivity contribution in [2.24, 2.45) is 0 Å². The summed E-state index contributed by atoms with van der Waals surface area (Å²) >= 11 is 0. The van der Waals surface area contributed by atoms with Gasteiger partial charge in [-0.15, -0.1) is 0 Å². The van der Waals surface area contributed by atoms with Crippen LogP contribution in [-0.4, -0.2) is 44.2 Å². The number of anilines is 1. The summed E-state index contributed by atoms with van der Waals surface area (Å²) in [6.07, 6.45) is 0. The molecule has 0 spiro atoms. The van der Waals surface area contributed by atoms with Crippen LogP contribution in [0.4, 0.5) is 5.69 Å². The van der Waals surface area contributed by atoms with Crippen LogP contribution in [0.2, 0.25) is 0 Å². The van der Waals surface area contributed by atoms with Crippen LogP contribution < -0.4 is 4.90 Å². The van der Waals surface area contributed by atoms with E-state index in [1.54, 1.807) is 4.90 Å².